The third-order valence-corrected chi connectivity index (χ3v) is 2.07. The van der Waals surface area contributed by atoms with Gasteiger partial charge < -0.3 is 9.84 Å². The lowest BCUT2D eigenvalue weighted by molar-refractivity contribution is -0.384. The minimum Gasteiger partial charge on any atom is -0.508 e. The fourth-order valence-electron chi connectivity index (χ4n) is 1.29. The highest BCUT2D eigenvalue weighted by Crippen LogP contribution is 2.23. The number of nitro groups is 1. The Morgan fingerprint density at radius 3 is 2.87 bits per heavy atom. The van der Waals surface area contributed by atoms with Gasteiger partial charge in [0.25, 0.3) is 5.69 Å². The molecule has 0 radical (unpaired) electrons. The summed E-state index contributed by atoms with van der Waals surface area (Å²) >= 11 is 0. The standard InChI is InChI=1S/C10H13NO4/c1-15-6-2-3-8-7-9(11(13)14)4-5-10(8)12/h4-5,7,12H,2-3,6H2,1H3. The number of rotatable bonds is 5. The Balaban J connectivity index is 2.76. The smallest absolute Gasteiger partial charge is 0.269 e. The average Bonchev–Trinajstić information content (AvgIpc) is 2.20. The lowest BCUT2D eigenvalue weighted by Gasteiger charge is -2.03. The van der Waals surface area contributed by atoms with Crippen LogP contribution in [0.5, 0.6) is 5.75 Å². The zero-order chi connectivity index (χ0) is 11.3. The van der Waals surface area contributed by atoms with Gasteiger partial charge in [-0.25, -0.2) is 0 Å². The fraction of sp³-hybridized carbons (Fsp3) is 0.400. The van der Waals surface area contributed by atoms with Gasteiger partial charge in [0, 0.05) is 31.4 Å². The molecule has 5 heteroatoms. The molecule has 82 valence electrons. The van der Waals surface area contributed by atoms with Crippen molar-refractivity contribution in [2.45, 2.75) is 12.8 Å². The van der Waals surface area contributed by atoms with Crippen LogP contribution in [0, 0.1) is 10.1 Å². The summed E-state index contributed by atoms with van der Waals surface area (Å²) in [5.74, 6) is 0.0942. The van der Waals surface area contributed by atoms with Crippen molar-refractivity contribution in [3.05, 3.63) is 33.9 Å². The van der Waals surface area contributed by atoms with Crippen molar-refractivity contribution in [3.8, 4) is 5.75 Å². The molecule has 1 N–H and O–H groups in total. The molecule has 1 rings (SSSR count). The first-order valence-electron chi connectivity index (χ1n) is 4.60. The van der Waals surface area contributed by atoms with Crippen molar-refractivity contribution in [1.29, 1.82) is 0 Å². The molecule has 0 bridgehead atoms. The number of nitrogens with zero attached hydrogens (tertiary/aromatic N) is 1. The monoisotopic (exact) mass is 211 g/mol. The zero-order valence-corrected chi connectivity index (χ0v) is 8.47. The molecule has 0 aliphatic heterocycles. The molecule has 0 spiro atoms. The molecular weight excluding hydrogens is 198 g/mol. The fourth-order valence-corrected chi connectivity index (χ4v) is 1.29. The predicted molar refractivity (Wildman–Crippen MR) is 55.0 cm³/mol. The van der Waals surface area contributed by atoms with Crippen LogP contribution in [0.15, 0.2) is 18.2 Å². The summed E-state index contributed by atoms with van der Waals surface area (Å²) in [5.41, 5.74) is 0.585. The third kappa shape index (κ3) is 3.21. The zero-order valence-electron chi connectivity index (χ0n) is 8.47. The van der Waals surface area contributed by atoms with Crippen LogP contribution in [0.4, 0.5) is 5.69 Å². The van der Waals surface area contributed by atoms with Gasteiger partial charge in [-0.2, -0.15) is 0 Å². The second-order valence-electron chi connectivity index (χ2n) is 3.17. The van der Waals surface area contributed by atoms with Crippen LogP contribution in [-0.4, -0.2) is 23.7 Å². The maximum atomic E-state index is 10.5. The van der Waals surface area contributed by atoms with Gasteiger partial charge in [0.2, 0.25) is 0 Å². The van der Waals surface area contributed by atoms with E-state index in [1.807, 2.05) is 0 Å². The van der Waals surface area contributed by atoms with Crippen LogP contribution in [0.2, 0.25) is 0 Å². The number of non-ortho nitro benzene ring substituents is 1. The Bertz CT molecular complexity index is 351. The molecule has 0 heterocycles. The number of aryl methyl sites for hydroxylation is 1. The molecule has 0 aliphatic rings. The van der Waals surface area contributed by atoms with Crippen LogP contribution in [-0.2, 0) is 11.2 Å². The van der Waals surface area contributed by atoms with Crippen LogP contribution < -0.4 is 0 Å². The van der Waals surface area contributed by atoms with Gasteiger partial charge in [-0.1, -0.05) is 0 Å². The van der Waals surface area contributed by atoms with Gasteiger partial charge in [0.05, 0.1) is 4.92 Å². The Hall–Kier alpha value is -1.62. The maximum Gasteiger partial charge on any atom is 0.269 e. The average molecular weight is 211 g/mol. The number of ether oxygens (including phenoxy) is 1. The molecular formula is C10H13NO4. The van der Waals surface area contributed by atoms with E-state index >= 15 is 0 Å². The van der Waals surface area contributed by atoms with Crippen molar-refractivity contribution in [3.63, 3.8) is 0 Å². The van der Waals surface area contributed by atoms with Crippen molar-refractivity contribution < 1.29 is 14.8 Å². The number of benzene rings is 1. The highest BCUT2D eigenvalue weighted by molar-refractivity contribution is 5.42. The molecule has 0 saturated heterocycles. The van der Waals surface area contributed by atoms with Crippen LogP contribution in [0.25, 0.3) is 0 Å². The van der Waals surface area contributed by atoms with Gasteiger partial charge in [0.1, 0.15) is 5.75 Å². The highest BCUT2D eigenvalue weighted by atomic mass is 16.6. The van der Waals surface area contributed by atoms with E-state index in [0.29, 0.717) is 18.6 Å². The summed E-state index contributed by atoms with van der Waals surface area (Å²) in [7, 11) is 1.59. The van der Waals surface area contributed by atoms with Crippen molar-refractivity contribution in [1.82, 2.24) is 0 Å². The van der Waals surface area contributed by atoms with E-state index < -0.39 is 4.92 Å². The molecule has 0 unspecified atom stereocenters. The molecule has 0 amide bonds. The normalized spacial score (nSPS) is 10.2. The topological polar surface area (TPSA) is 72.6 Å². The van der Waals surface area contributed by atoms with Crippen LogP contribution in [0.1, 0.15) is 12.0 Å². The van der Waals surface area contributed by atoms with E-state index in [1.165, 1.54) is 18.2 Å². The summed E-state index contributed by atoms with van der Waals surface area (Å²) in [6.45, 7) is 0.572. The molecule has 0 fully saturated rings. The molecule has 0 atom stereocenters. The van der Waals surface area contributed by atoms with Gasteiger partial charge in [-0.15, -0.1) is 0 Å². The third-order valence-electron chi connectivity index (χ3n) is 2.07. The largest absolute Gasteiger partial charge is 0.508 e. The first-order chi connectivity index (χ1) is 7.15. The number of phenols is 1. The van der Waals surface area contributed by atoms with E-state index in [4.69, 9.17) is 4.74 Å². The molecule has 0 saturated carbocycles. The number of hydrogen-bond donors (Lipinski definition) is 1. The van der Waals surface area contributed by atoms with E-state index in [9.17, 15) is 15.2 Å². The quantitative estimate of drug-likeness (QED) is 0.458. The highest BCUT2D eigenvalue weighted by Gasteiger charge is 2.09. The Morgan fingerprint density at radius 1 is 1.53 bits per heavy atom. The summed E-state index contributed by atoms with van der Waals surface area (Å²) in [4.78, 5) is 10.0. The molecule has 1 aromatic carbocycles. The van der Waals surface area contributed by atoms with Gasteiger partial charge >= 0.3 is 0 Å². The molecule has 5 nitrogen and oxygen atoms in total. The van der Waals surface area contributed by atoms with Crippen molar-refractivity contribution >= 4 is 5.69 Å². The second-order valence-corrected chi connectivity index (χ2v) is 3.17. The minimum atomic E-state index is -0.473. The molecule has 1 aromatic rings. The van der Waals surface area contributed by atoms with E-state index in [0.717, 1.165) is 6.42 Å². The number of hydrogen-bond acceptors (Lipinski definition) is 4. The van der Waals surface area contributed by atoms with Crippen LogP contribution in [0.3, 0.4) is 0 Å². The second kappa shape index (κ2) is 5.31. The summed E-state index contributed by atoms with van der Waals surface area (Å²) < 4.78 is 4.87. The van der Waals surface area contributed by atoms with Crippen LogP contribution >= 0.6 is 0 Å². The first-order valence-corrected chi connectivity index (χ1v) is 4.60. The summed E-state index contributed by atoms with van der Waals surface area (Å²) in [6, 6.07) is 4.03. The number of phenolic OH excluding ortho intramolecular Hbond substituents is 1. The summed E-state index contributed by atoms with van der Waals surface area (Å²) in [6.07, 6.45) is 1.30. The number of nitro benzene ring substituents is 1. The Labute approximate surface area is 87.5 Å². The predicted octanol–water partition coefficient (Wildman–Crippen LogP) is 1.88. The molecule has 0 aromatic heterocycles. The Kier molecular flexibility index (Phi) is 4.05. The maximum absolute atomic E-state index is 10.5. The summed E-state index contributed by atoms with van der Waals surface area (Å²) in [5, 5.41) is 19.9. The van der Waals surface area contributed by atoms with E-state index in [2.05, 4.69) is 0 Å². The van der Waals surface area contributed by atoms with E-state index in [1.54, 1.807) is 7.11 Å². The number of methoxy groups -OCH3 is 1. The molecule has 15 heavy (non-hydrogen) atoms. The first kappa shape index (κ1) is 11.5. The Morgan fingerprint density at radius 2 is 2.27 bits per heavy atom. The lowest BCUT2D eigenvalue weighted by Crippen LogP contribution is -1.95. The van der Waals surface area contributed by atoms with E-state index in [-0.39, 0.29) is 11.4 Å². The minimum absolute atomic E-state index is 0.000201. The van der Waals surface area contributed by atoms with Gasteiger partial charge in [-0.05, 0) is 18.9 Å². The molecule has 0 aliphatic carbocycles. The van der Waals surface area contributed by atoms with Gasteiger partial charge in [0.15, 0.2) is 0 Å². The number of aromatic hydroxyl groups is 1. The SMILES string of the molecule is COCCCc1cc([N+](=O)[O-])ccc1O. The van der Waals surface area contributed by atoms with Gasteiger partial charge in [-0.3, -0.25) is 10.1 Å². The van der Waals surface area contributed by atoms with Crippen molar-refractivity contribution in [2.24, 2.45) is 0 Å². The lowest BCUT2D eigenvalue weighted by atomic mass is 10.1. The van der Waals surface area contributed by atoms with Crippen molar-refractivity contribution in [2.75, 3.05) is 13.7 Å².